The Bertz CT molecular complexity index is 720. The summed E-state index contributed by atoms with van der Waals surface area (Å²) in [7, 11) is 1.57. The second-order valence-electron chi connectivity index (χ2n) is 8.25. The van der Waals surface area contributed by atoms with Crippen LogP contribution in [0.4, 0.5) is 5.69 Å². The predicted molar refractivity (Wildman–Crippen MR) is 101 cm³/mol. The van der Waals surface area contributed by atoms with Crippen LogP contribution in [0.3, 0.4) is 0 Å². The first-order valence-electron chi connectivity index (χ1n) is 9.20. The molecule has 0 aliphatic heterocycles. The highest BCUT2D eigenvalue weighted by Crippen LogP contribution is 2.64. The van der Waals surface area contributed by atoms with Gasteiger partial charge in [-0.25, -0.2) is 0 Å². The molecule has 0 heterocycles. The molecule has 4 aliphatic carbocycles. The van der Waals surface area contributed by atoms with E-state index in [1.165, 1.54) is 6.42 Å². The number of methoxy groups -OCH3 is 1. The zero-order valence-corrected chi connectivity index (χ0v) is 16.5. The van der Waals surface area contributed by atoms with Crippen molar-refractivity contribution in [2.45, 2.75) is 42.8 Å². The molecule has 4 saturated carbocycles. The minimum absolute atomic E-state index is 0.0962. The third-order valence-electron chi connectivity index (χ3n) is 6.11. The fourth-order valence-electron chi connectivity index (χ4n) is 5.57. The van der Waals surface area contributed by atoms with Crippen molar-refractivity contribution in [1.82, 2.24) is 0 Å². The van der Waals surface area contributed by atoms with Crippen LogP contribution in [0.25, 0.3) is 0 Å². The summed E-state index contributed by atoms with van der Waals surface area (Å²) in [5.74, 6) is 1.35. The van der Waals surface area contributed by atoms with Crippen LogP contribution in [0, 0.1) is 17.3 Å². The summed E-state index contributed by atoms with van der Waals surface area (Å²) in [4.78, 5) is 25.0. The fourth-order valence-corrected chi connectivity index (χ4v) is 7.02. The molecule has 6 heteroatoms. The summed E-state index contributed by atoms with van der Waals surface area (Å²) in [5.41, 5.74) is 0.226. The number of nitrogens with one attached hydrogen (secondary N) is 1. The molecule has 26 heavy (non-hydrogen) atoms. The zero-order chi connectivity index (χ0) is 18.4. The van der Waals surface area contributed by atoms with Crippen molar-refractivity contribution in [3.05, 3.63) is 24.3 Å². The van der Waals surface area contributed by atoms with E-state index in [9.17, 15) is 9.59 Å². The molecule has 0 aromatic heterocycles. The number of ether oxygens (including phenoxy) is 2. The minimum atomic E-state index is -0.399. The van der Waals surface area contributed by atoms with Crippen molar-refractivity contribution >= 4 is 33.5 Å². The van der Waals surface area contributed by atoms with Crippen molar-refractivity contribution < 1.29 is 19.1 Å². The lowest BCUT2D eigenvalue weighted by Crippen LogP contribution is -2.56. The van der Waals surface area contributed by atoms with Crippen LogP contribution in [-0.4, -0.2) is 29.9 Å². The van der Waals surface area contributed by atoms with Gasteiger partial charge in [0.05, 0.1) is 12.5 Å². The quantitative estimate of drug-likeness (QED) is 0.577. The monoisotopic (exact) mass is 421 g/mol. The van der Waals surface area contributed by atoms with Crippen molar-refractivity contribution in [2.75, 3.05) is 19.0 Å². The van der Waals surface area contributed by atoms with Gasteiger partial charge in [0, 0.05) is 16.1 Å². The number of carbonyl (C=O) groups is 2. The molecule has 5 rings (SSSR count). The molecule has 0 spiro atoms. The number of alkyl halides is 1. The van der Waals surface area contributed by atoms with Gasteiger partial charge in [-0.2, -0.15) is 0 Å². The largest absolute Gasteiger partial charge is 0.497 e. The van der Waals surface area contributed by atoms with Crippen LogP contribution in [0.15, 0.2) is 24.3 Å². The molecule has 0 radical (unpaired) electrons. The molecule has 4 aliphatic rings. The van der Waals surface area contributed by atoms with Crippen LogP contribution in [0.5, 0.6) is 5.75 Å². The summed E-state index contributed by atoms with van der Waals surface area (Å²) >= 11 is 3.90. The average Bonchev–Trinajstić information content (AvgIpc) is 2.57. The molecule has 140 valence electrons. The third kappa shape index (κ3) is 3.36. The third-order valence-corrected chi connectivity index (χ3v) is 7.04. The van der Waals surface area contributed by atoms with Gasteiger partial charge in [0.2, 0.25) is 0 Å². The number of carbonyl (C=O) groups excluding carboxylic acids is 2. The van der Waals surface area contributed by atoms with Gasteiger partial charge in [-0.15, -0.1) is 0 Å². The maximum absolute atomic E-state index is 12.9. The fraction of sp³-hybridized carbons (Fsp3) is 0.600. The van der Waals surface area contributed by atoms with Gasteiger partial charge in [0.1, 0.15) is 5.75 Å². The van der Waals surface area contributed by atoms with Crippen molar-refractivity contribution in [1.29, 1.82) is 0 Å². The Kier molecular flexibility index (Phi) is 4.49. The average molecular weight is 422 g/mol. The van der Waals surface area contributed by atoms with Crippen LogP contribution in [0.2, 0.25) is 0 Å². The molecule has 4 bridgehead atoms. The molecular weight excluding hydrogens is 398 g/mol. The molecule has 1 aromatic carbocycles. The summed E-state index contributed by atoms with van der Waals surface area (Å²) in [5, 5.41) is 2.75. The van der Waals surface area contributed by atoms with Gasteiger partial charge in [0.25, 0.3) is 5.91 Å². The molecule has 4 fully saturated rings. The first kappa shape index (κ1) is 17.8. The van der Waals surface area contributed by atoms with E-state index in [1.54, 1.807) is 31.4 Å². The van der Waals surface area contributed by atoms with Gasteiger partial charge in [-0.3, -0.25) is 9.59 Å². The number of benzene rings is 1. The summed E-state index contributed by atoms with van der Waals surface area (Å²) in [6.07, 6.45) is 6.21. The number of hydrogen-bond donors (Lipinski definition) is 1. The lowest BCUT2D eigenvalue weighted by molar-refractivity contribution is -0.170. The van der Waals surface area contributed by atoms with E-state index in [0.29, 0.717) is 23.3 Å². The Morgan fingerprint density at radius 2 is 1.96 bits per heavy atom. The number of amides is 1. The Hall–Kier alpha value is -1.56. The second-order valence-corrected chi connectivity index (χ2v) is 9.93. The Labute approximate surface area is 161 Å². The topological polar surface area (TPSA) is 64.6 Å². The van der Waals surface area contributed by atoms with Gasteiger partial charge in [0.15, 0.2) is 6.61 Å². The van der Waals surface area contributed by atoms with E-state index in [1.807, 2.05) is 0 Å². The minimum Gasteiger partial charge on any atom is -0.497 e. The first-order chi connectivity index (χ1) is 12.4. The van der Waals surface area contributed by atoms with Crippen molar-refractivity contribution in [3.8, 4) is 5.75 Å². The Morgan fingerprint density at radius 3 is 2.62 bits per heavy atom. The lowest BCUT2D eigenvalue weighted by Gasteiger charge is -2.58. The SMILES string of the molecule is COc1cccc(NC(=O)COC(=O)C23C[C@@H]4C[C@@H](CC(Br)(C4)C2)C3)c1. The van der Waals surface area contributed by atoms with E-state index >= 15 is 0 Å². The highest BCUT2D eigenvalue weighted by Gasteiger charge is 2.60. The Morgan fingerprint density at radius 1 is 1.23 bits per heavy atom. The number of halogens is 1. The molecule has 0 saturated heterocycles. The van der Waals surface area contributed by atoms with E-state index in [2.05, 4.69) is 21.2 Å². The standard InChI is InChI=1S/C20H24BrNO4/c1-25-16-4-2-3-15(6-16)22-17(23)11-26-18(24)19-7-13-5-14(8-19)10-20(21,9-13)12-19/h2-4,6,13-14H,5,7-12H2,1H3,(H,22,23)/t13-,14+,19?,20?. The Balaban J connectivity index is 1.36. The van der Waals surface area contributed by atoms with E-state index in [-0.39, 0.29) is 22.8 Å². The van der Waals surface area contributed by atoms with Crippen LogP contribution in [-0.2, 0) is 14.3 Å². The smallest absolute Gasteiger partial charge is 0.312 e. The number of rotatable bonds is 5. The molecule has 4 atom stereocenters. The number of anilines is 1. The normalized spacial score (nSPS) is 34.4. The second kappa shape index (κ2) is 6.55. The highest BCUT2D eigenvalue weighted by molar-refractivity contribution is 9.10. The molecule has 1 aromatic rings. The van der Waals surface area contributed by atoms with Crippen molar-refractivity contribution in [3.63, 3.8) is 0 Å². The van der Waals surface area contributed by atoms with Crippen molar-refractivity contribution in [2.24, 2.45) is 17.3 Å². The molecule has 1 amide bonds. The highest BCUT2D eigenvalue weighted by atomic mass is 79.9. The maximum atomic E-state index is 12.9. The summed E-state index contributed by atoms with van der Waals surface area (Å²) in [6, 6.07) is 7.10. The molecular formula is C20H24BrNO4. The van der Waals surface area contributed by atoms with E-state index < -0.39 is 5.41 Å². The zero-order valence-electron chi connectivity index (χ0n) is 14.9. The maximum Gasteiger partial charge on any atom is 0.312 e. The van der Waals surface area contributed by atoms with Gasteiger partial charge < -0.3 is 14.8 Å². The molecule has 2 unspecified atom stereocenters. The molecule has 1 N–H and O–H groups in total. The lowest BCUT2D eigenvalue weighted by atomic mass is 9.49. The van der Waals surface area contributed by atoms with Crippen LogP contribution < -0.4 is 10.1 Å². The van der Waals surface area contributed by atoms with Gasteiger partial charge in [-0.05, 0) is 62.5 Å². The summed E-state index contributed by atoms with van der Waals surface area (Å²) in [6.45, 7) is -0.248. The number of hydrogen-bond acceptors (Lipinski definition) is 4. The van der Waals surface area contributed by atoms with Crippen LogP contribution in [0.1, 0.15) is 38.5 Å². The predicted octanol–water partition coefficient (Wildman–Crippen LogP) is 3.91. The van der Waals surface area contributed by atoms with E-state index in [0.717, 1.165) is 32.1 Å². The summed E-state index contributed by atoms with van der Waals surface area (Å²) < 4.78 is 10.7. The first-order valence-corrected chi connectivity index (χ1v) is 9.99. The van der Waals surface area contributed by atoms with Gasteiger partial charge >= 0.3 is 5.97 Å². The molecule has 5 nitrogen and oxygen atoms in total. The van der Waals surface area contributed by atoms with Crippen LogP contribution >= 0.6 is 15.9 Å². The number of esters is 1. The van der Waals surface area contributed by atoms with E-state index in [4.69, 9.17) is 9.47 Å². The van der Waals surface area contributed by atoms with Gasteiger partial charge in [-0.1, -0.05) is 22.0 Å².